The van der Waals surface area contributed by atoms with Crippen molar-refractivity contribution >= 4 is 17.4 Å². The molecule has 1 atom stereocenters. The maximum atomic E-state index is 15.1. The van der Waals surface area contributed by atoms with E-state index in [1.165, 1.54) is 0 Å². The molecule has 0 radical (unpaired) electrons. The summed E-state index contributed by atoms with van der Waals surface area (Å²) < 4.78 is 41.5. The smallest absolute Gasteiger partial charge is 0.280 e. The van der Waals surface area contributed by atoms with Gasteiger partial charge in [0, 0.05) is 17.7 Å². The minimum Gasteiger partial charge on any atom is -0.494 e. The molecule has 1 aliphatic rings. The van der Waals surface area contributed by atoms with Gasteiger partial charge in [0.25, 0.3) is 5.92 Å². The second-order valence-electron chi connectivity index (χ2n) is 9.63. The third kappa shape index (κ3) is 6.08. The summed E-state index contributed by atoms with van der Waals surface area (Å²) in [6, 6.07) is 4.23. The average Bonchev–Trinajstić information content (AvgIpc) is 3.22. The minimum atomic E-state index is -2.92. The average molecular weight is 549 g/mol. The van der Waals surface area contributed by atoms with E-state index in [0.29, 0.717) is 75.9 Å². The summed E-state index contributed by atoms with van der Waals surface area (Å²) in [5, 5.41) is 10.6. The lowest BCUT2D eigenvalue weighted by atomic mass is 9.99. The van der Waals surface area contributed by atoms with Crippen LogP contribution >= 0.6 is 11.6 Å². The third-order valence-electron chi connectivity index (χ3n) is 6.87. The van der Waals surface area contributed by atoms with Crippen LogP contribution in [0.15, 0.2) is 22.7 Å². The second kappa shape index (κ2) is 11.9. The number of rotatable bonds is 10. The summed E-state index contributed by atoms with van der Waals surface area (Å²) >= 11 is 6.59. The molecule has 3 aromatic rings. The molecule has 206 valence electrons. The molecule has 1 fully saturated rings. The van der Waals surface area contributed by atoms with E-state index < -0.39 is 12.0 Å². The van der Waals surface area contributed by atoms with Crippen LogP contribution in [0.4, 0.5) is 14.6 Å². The van der Waals surface area contributed by atoms with Crippen molar-refractivity contribution < 1.29 is 18.0 Å². The molecule has 2 aromatic heterocycles. The molecule has 0 aliphatic carbocycles. The van der Waals surface area contributed by atoms with Crippen LogP contribution in [0.2, 0.25) is 5.02 Å². The number of piperidine rings is 1. The molecule has 0 spiro atoms. The Balaban J connectivity index is 1.77. The lowest BCUT2D eigenvalue weighted by Crippen LogP contribution is -2.54. The summed E-state index contributed by atoms with van der Waals surface area (Å²) in [6.07, 6.45) is 1.13. The number of ether oxygens (including phenoxy) is 1. The highest BCUT2D eigenvalue weighted by Crippen LogP contribution is 2.37. The Bertz CT molecular complexity index is 1250. The first-order chi connectivity index (χ1) is 18.1. The molecular weight excluding hydrogens is 514 g/mol. The minimum absolute atomic E-state index is 0.289. The van der Waals surface area contributed by atoms with Crippen LogP contribution in [0.5, 0.6) is 5.75 Å². The van der Waals surface area contributed by atoms with Gasteiger partial charge in [0.2, 0.25) is 0 Å². The third-order valence-corrected chi connectivity index (χ3v) is 7.20. The zero-order chi connectivity index (χ0) is 27.4. The van der Waals surface area contributed by atoms with Crippen LogP contribution < -0.4 is 15.4 Å². The topological polar surface area (TPSA) is 88.3 Å². The first kappa shape index (κ1) is 28.2. The first-order valence-electron chi connectivity index (χ1n) is 12.9. The van der Waals surface area contributed by atoms with Crippen molar-refractivity contribution in [2.75, 3.05) is 45.2 Å². The number of aromatic nitrogens is 3. The summed E-state index contributed by atoms with van der Waals surface area (Å²) in [5.74, 6) is -1.09. The fourth-order valence-electron chi connectivity index (χ4n) is 4.67. The van der Waals surface area contributed by atoms with Gasteiger partial charge in [-0.05, 0) is 71.9 Å². The number of nitrogens with zero attached hydrogens (tertiary/aromatic N) is 4. The number of halogens is 3. The van der Waals surface area contributed by atoms with Gasteiger partial charge in [0.05, 0.1) is 41.2 Å². The van der Waals surface area contributed by atoms with E-state index in [1.807, 2.05) is 27.8 Å². The largest absolute Gasteiger partial charge is 0.494 e. The Morgan fingerprint density at radius 2 is 2.03 bits per heavy atom. The summed E-state index contributed by atoms with van der Waals surface area (Å²) in [5.41, 5.74) is 3.08. The van der Waals surface area contributed by atoms with Crippen molar-refractivity contribution in [1.29, 1.82) is 0 Å². The molecule has 3 heterocycles. The van der Waals surface area contributed by atoms with Gasteiger partial charge in [-0.25, -0.2) is 18.7 Å². The highest BCUT2D eigenvalue weighted by Gasteiger charge is 2.44. The van der Waals surface area contributed by atoms with Crippen molar-refractivity contribution in [3.05, 3.63) is 40.2 Å². The van der Waals surface area contributed by atoms with Gasteiger partial charge in [-0.3, -0.25) is 4.90 Å². The van der Waals surface area contributed by atoms with Crippen LogP contribution in [0.25, 0.3) is 22.6 Å². The summed E-state index contributed by atoms with van der Waals surface area (Å²) in [7, 11) is 1.89. The lowest BCUT2D eigenvalue weighted by Gasteiger charge is -2.38. The molecular formula is C27H35ClF2N6O2. The van der Waals surface area contributed by atoms with Gasteiger partial charge in [-0.1, -0.05) is 23.7 Å². The monoisotopic (exact) mass is 548 g/mol. The predicted molar refractivity (Wildman–Crippen MR) is 145 cm³/mol. The van der Waals surface area contributed by atoms with Crippen molar-refractivity contribution in [1.82, 2.24) is 25.3 Å². The number of hydrogen-bond acceptors (Lipinski definition) is 8. The van der Waals surface area contributed by atoms with E-state index in [-0.39, 0.29) is 13.0 Å². The molecule has 1 unspecified atom stereocenters. The van der Waals surface area contributed by atoms with E-state index in [0.717, 1.165) is 13.0 Å². The Morgan fingerprint density at radius 1 is 1.24 bits per heavy atom. The van der Waals surface area contributed by atoms with Crippen LogP contribution in [-0.4, -0.2) is 71.8 Å². The van der Waals surface area contributed by atoms with Gasteiger partial charge in [-0.2, -0.15) is 0 Å². The number of aryl methyl sites for hydroxylation is 2. The standard InChI is InChI=1S/C27H35ClF2N6O2/c1-6-36-12-10-22(27(29,30)15-36)32-25-16(2)24(23-17(3)35-38-18(23)4)33-26(34-25)20-14-19(8-9-21(20)28)37-13-7-11-31-5/h8-9,14,22,31H,6-7,10-13,15H2,1-5H3,(H,32,33,34). The van der Waals surface area contributed by atoms with E-state index >= 15 is 8.78 Å². The molecule has 0 saturated carbocycles. The van der Waals surface area contributed by atoms with Crippen LogP contribution in [-0.2, 0) is 0 Å². The van der Waals surface area contributed by atoms with Gasteiger partial charge < -0.3 is 19.9 Å². The summed E-state index contributed by atoms with van der Waals surface area (Å²) in [6.45, 7) is 9.55. The number of benzene rings is 1. The molecule has 1 aromatic carbocycles. The van der Waals surface area contributed by atoms with E-state index in [4.69, 9.17) is 30.8 Å². The van der Waals surface area contributed by atoms with Crippen molar-refractivity contribution in [2.45, 2.75) is 52.5 Å². The van der Waals surface area contributed by atoms with Gasteiger partial charge in [-0.15, -0.1) is 0 Å². The Labute approximate surface area is 227 Å². The fraction of sp³-hybridized carbons (Fsp3) is 0.519. The Hall–Kier alpha value is -2.82. The zero-order valence-electron chi connectivity index (χ0n) is 22.5. The summed E-state index contributed by atoms with van der Waals surface area (Å²) in [4.78, 5) is 11.3. The zero-order valence-corrected chi connectivity index (χ0v) is 23.3. The molecule has 0 bridgehead atoms. The molecule has 0 amide bonds. The quantitative estimate of drug-likeness (QED) is 0.321. The highest BCUT2D eigenvalue weighted by molar-refractivity contribution is 6.33. The normalized spacial score (nSPS) is 17.5. The van der Waals surface area contributed by atoms with Gasteiger partial charge in [0.15, 0.2) is 5.82 Å². The van der Waals surface area contributed by atoms with Crippen molar-refractivity contribution in [3.8, 4) is 28.4 Å². The number of anilines is 1. The highest BCUT2D eigenvalue weighted by atomic mass is 35.5. The SMILES string of the molecule is CCN1CCC(Nc2nc(-c3cc(OCCCNC)ccc3Cl)nc(-c3c(C)noc3C)c2C)C(F)(F)C1. The molecule has 8 nitrogen and oxygen atoms in total. The van der Waals surface area contributed by atoms with Crippen LogP contribution in [0, 0.1) is 20.8 Å². The molecule has 11 heteroatoms. The predicted octanol–water partition coefficient (Wildman–Crippen LogP) is 5.51. The van der Waals surface area contributed by atoms with Gasteiger partial charge in [0.1, 0.15) is 17.3 Å². The Kier molecular flexibility index (Phi) is 8.85. The van der Waals surface area contributed by atoms with Crippen molar-refractivity contribution in [2.24, 2.45) is 0 Å². The molecule has 38 heavy (non-hydrogen) atoms. The molecule has 2 N–H and O–H groups in total. The van der Waals surface area contributed by atoms with E-state index in [9.17, 15) is 0 Å². The Morgan fingerprint density at radius 3 is 2.68 bits per heavy atom. The van der Waals surface area contributed by atoms with Crippen LogP contribution in [0.1, 0.15) is 36.8 Å². The fourth-order valence-corrected chi connectivity index (χ4v) is 4.87. The first-order valence-corrected chi connectivity index (χ1v) is 13.3. The van der Waals surface area contributed by atoms with E-state index in [1.54, 1.807) is 30.0 Å². The number of likely N-dealkylation sites (tertiary alicyclic amines) is 1. The number of nitrogens with one attached hydrogen (secondary N) is 2. The van der Waals surface area contributed by atoms with Crippen molar-refractivity contribution in [3.63, 3.8) is 0 Å². The van der Waals surface area contributed by atoms with Crippen LogP contribution in [0.3, 0.4) is 0 Å². The van der Waals surface area contributed by atoms with Gasteiger partial charge >= 0.3 is 0 Å². The van der Waals surface area contributed by atoms with E-state index in [2.05, 4.69) is 15.8 Å². The second-order valence-corrected chi connectivity index (χ2v) is 10.0. The molecule has 1 aliphatic heterocycles. The molecule has 4 rings (SSSR count). The maximum absolute atomic E-state index is 15.1. The lowest BCUT2D eigenvalue weighted by molar-refractivity contribution is -0.0725. The maximum Gasteiger partial charge on any atom is 0.280 e. The number of hydrogen-bond donors (Lipinski definition) is 2. The number of alkyl halides is 2. The molecule has 1 saturated heterocycles.